The lowest BCUT2D eigenvalue weighted by Gasteiger charge is -2.38. The van der Waals surface area contributed by atoms with Crippen LogP contribution in [0.1, 0.15) is 46.7 Å². The van der Waals surface area contributed by atoms with E-state index < -0.39 is 23.8 Å². The first-order valence-electron chi connectivity index (χ1n) is 16.5. The molecule has 0 aliphatic carbocycles. The van der Waals surface area contributed by atoms with Crippen LogP contribution < -0.4 is 0 Å². The van der Waals surface area contributed by atoms with E-state index in [0.717, 1.165) is 47.4 Å². The molecule has 3 heterocycles. The zero-order valence-electron chi connectivity index (χ0n) is 27.3. The molecule has 0 radical (unpaired) electrons. The SMILES string of the molecule is O=C(C(Cc1ccccc1)N(Cc1ccc(-c2cncnc2)cc1)C(=O)C=Cc1ccc(C(F)(F)F)nc1)N1CCC(c2ccccc2)CC1. The van der Waals surface area contributed by atoms with E-state index in [2.05, 4.69) is 27.1 Å². The molecule has 0 spiro atoms. The predicted molar refractivity (Wildman–Crippen MR) is 185 cm³/mol. The van der Waals surface area contributed by atoms with Gasteiger partial charge < -0.3 is 9.80 Å². The highest BCUT2D eigenvalue weighted by Crippen LogP contribution is 2.30. The number of hydrogen-bond donors (Lipinski definition) is 0. The largest absolute Gasteiger partial charge is 0.433 e. The van der Waals surface area contributed by atoms with Crippen LogP contribution in [-0.4, -0.2) is 55.7 Å². The number of likely N-dealkylation sites (tertiary alicyclic amines) is 1. The van der Waals surface area contributed by atoms with E-state index >= 15 is 0 Å². The van der Waals surface area contributed by atoms with Gasteiger partial charge in [0, 0.05) is 56.3 Å². The molecule has 10 heteroatoms. The summed E-state index contributed by atoms with van der Waals surface area (Å²) < 4.78 is 39.3. The fraction of sp³-hybridized carbons (Fsp3) is 0.225. The molecule has 254 valence electrons. The number of halogens is 3. The third-order valence-electron chi connectivity index (χ3n) is 8.99. The van der Waals surface area contributed by atoms with Crippen molar-refractivity contribution in [2.45, 2.75) is 43.9 Å². The smallest absolute Gasteiger partial charge is 0.341 e. The second-order valence-electron chi connectivity index (χ2n) is 12.3. The molecule has 3 aromatic carbocycles. The van der Waals surface area contributed by atoms with Crippen molar-refractivity contribution in [2.75, 3.05) is 13.1 Å². The Labute approximate surface area is 289 Å². The lowest BCUT2D eigenvalue weighted by atomic mass is 9.89. The number of piperidine rings is 1. The molecular formula is C40H36F3N5O2. The van der Waals surface area contributed by atoms with Gasteiger partial charge in [0.1, 0.15) is 18.1 Å². The highest BCUT2D eigenvalue weighted by molar-refractivity contribution is 5.95. The summed E-state index contributed by atoms with van der Waals surface area (Å²) in [6.07, 6.45) is 6.04. The molecule has 0 saturated carbocycles. The molecule has 1 atom stereocenters. The average molecular weight is 676 g/mol. The number of amides is 2. The Morgan fingerprint density at radius 1 is 0.800 bits per heavy atom. The minimum absolute atomic E-state index is 0.129. The second-order valence-corrected chi connectivity index (χ2v) is 12.3. The summed E-state index contributed by atoms with van der Waals surface area (Å²) in [5.74, 6) is -0.241. The Hall–Kier alpha value is -5.64. The highest BCUT2D eigenvalue weighted by Gasteiger charge is 2.35. The van der Waals surface area contributed by atoms with E-state index in [0.29, 0.717) is 31.0 Å². The van der Waals surface area contributed by atoms with Crippen molar-refractivity contribution < 1.29 is 22.8 Å². The third-order valence-corrected chi connectivity index (χ3v) is 8.99. The number of nitrogens with zero attached hydrogens (tertiary/aromatic N) is 5. The summed E-state index contributed by atoms with van der Waals surface area (Å²) >= 11 is 0. The molecule has 2 amide bonds. The van der Waals surface area contributed by atoms with Gasteiger partial charge in [-0.05, 0) is 58.7 Å². The molecule has 2 aromatic heterocycles. The maximum absolute atomic E-state index is 14.5. The Morgan fingerprint density at radius 3 is 2.08 bits per heavy atom. The van der Waals surface area contributed by atoms with E-state index in [1.807, 2.05) is 77.7 Å². The molecule has 1 unspecified atom stereocenters. The molecule has 5 aromatic rings. The van der Waals surface area contributed by atoms with Gasteiger partial charge in [-0.3, -0.25) is 14.6 Å². The highest BCUT2D eigenvalue weighted by atomic mass is 19.4. The Kier molecular flexibility index (Phi) is 10.8. The molecule has 1 aliphatic heterocycles. The summed E-state index contributed by atoms with van der Waals surface area (Å²) in [5.41, 5.74) is 4.02. The van der Waals surface area contributed by atoms with Crippen LogP contribution in [0.5, 0.6) is 0 Å². The van der Waals surface area contributed by atoms with Crippen LogP contribution in [0.15, 0.2) is 128 Å². The number of carbonyl (C=O) groups is 2. The molecule has 6 rings (SSSR count). The number of carbonyl (C=O) groups excluding carboxylic acids is 2. The number of pyridine rings is 1. The van der Waals surface area contributed by atoms with Crippen molar-refractivity contribution in [3.63, 3.8) is 0 Å². The van der Waals surface area contributed by atoms with Crippen molar-refractivity contribution >= 4 is 17.9 Å². The first-order chi connectivity index (χ1) is 24.2. The Bertz CT molecular complexity index is 1880. The fourth-order valence-electron chi connectivity index (χ4n) is 6.26. The molecule has 0 bridgehead atoms. The lowest BCUT2D eigenvalue weighted by molar-refractivity contribution is -0.145. The fourth-order valence-corrected chi connectivity index (χ4v) is 6.26. The maximum atomic E-state index is 14.5. The lowest BCUT2D eigenvalue weighted by Crippen LogP contribution is -2.53. The summed E-state index contributed by atoms with van der Waals surface area (Å²) in [5, 5.41) is 0. The Morgan fingerprint density at radius 2 is 1.46 bits per heavy atom. The molecule has 50 heavy (non-hydrogen) atoms. The van der Waals surface area contributed by atoms with Gasteiger partial charge >= 0.3 is 6.18 Å². The van der Waals surface area contributed by atoms with Gasteiger partial charge in [0.2, 0.25) is 11.8 Å². The van der Waals surface area contributed by atoms with E-state index in [9.17, 15) is 22.8 Å². The number of benzene rings is 3. The van der Waals surface area contributed by atoms with Crippen LogP contribution in [0, 0.1) is 0 Å². The van der Waals surface area contributed by atoms with Gasteiger partial charge in [0.15, 0.2) is 0 Å². The van der Waals surface area contributed by atoms with Gasteiger partial charge in [-0.1, -0.05) is 91.0 Å². The zero-order valence-corrected chi connectivity index (χ0v) is 27.3. The van der Waals surface area contributed by atoms with E-state index in [4.69, 9.17) is 0 Å². The molecule has 7 nitrogen and oxygen atoms in total. The van der Waals surface area contributed by atoms with Crippen molar-refractivity contribution in [1.82, 2.24) is 24.8 Å². The average Bonchev–Trinajstić information content (AvgIpc) is 3.16. The van der Waals surface area contributed by atoms with Gasteiger partial charge in [-0.2, -0.15) is 13.2 Å². The normalized spacial score (nSPS) is 14.4. The van der Waals surface area contributed by atoms with Crippen molar-refractivity contribution in [2.24, 2.45) is 0 Å². The van der Waals surface area contributed by atoms with Crippen LogP contribution in [0.4, 0.5) is 13.2 Å². The van der Waals surface area contributed by atoms with Crippen molar-refractivity contribution in [1.29, 1.82) is 0 Å². The van der Waals surface area contributed by atoms with E-state index in [-0.39, 0.29) is 12.5 Å². The minimum Gasteiger partial charge on any atom is -0.341 e. The van der Waals surface area contributed by atoms with Gasteiger partial charge in [0.05, 0.1) is 0 Å². The second kappa shape index (κ2) is 15.7. The van der Waals surface area contributed by atoms with Crippen LogP contribution in [-0.2, 0) is 28.7 Å². The van der Waals surface area contributed by atoms with Crippen LogP contribution in [0.3, 0.4) is 0 Å². The van der Waals surface area contributed by atoms with Crippen molar-refractivity contribution in [3.8, 4) is 11.1 Å². The molecular weight excluding hydrogens is 639 g/mol. The summed E-state index contributed by atoms with van der Waals surface area (Å²) in [6, 6.07) is 28.8. The standard InChI is InChI=1S/C40H36F3N5O2/c41-40(42,43)37-17-13-30(24-46-37)14-18-38(49)48(27-31-11-15-33(16-12-31)35-25-44-28-45-26-35)36(23-29-7-3-1-4-8-29)39(50)47-21-19-34(20-22-47)32-9-5-2-6-10-32/h1-18,24-26,28,34,36H,19-23,27H2. The summed E-state index contributed by atoms with van der Waals surface area (Å²) in [6.45, 7) is 1.25. The van der Waals surface area contributed by atoms with Crippen molar-refractivity contribution in [3.05, 3.63) is 156 Å². The summed E-state index contributed by atoms with van der Waals surface area (Å²) in [4.78, 5) is 43.8. The molecule has 1 fully saturated rings. The minimum atomic E-state index is -4.57. The van der Waals surface area contributed by atoms with Crippen LogP contribution >= 0.6 is 0 Å². The quantitative estimate of drug-likeness (QED) is 0.142. The number of hydrogen-bond acceptors (Lipinski definition) is 5. The number of aromatic nitrogens is 3. The molecule has 0 N–H and O–H groups in total. The van der Waals surface area contributed by atoms with E-state index in [1.54, 1.807) is 17.3 Å². The van der Waals surface area contributed by atoms with Gasteiger partial charge in [-0.25, -0.2) is 9.97 Å². The number of alkyl halides is 3. The topological polar surface area (TPSA) is 79.3 Å². The van der Waals surface area contributed by atoms with Gasteiger partial charge in [0.25, 0.3) is 0 Å². The van der Waals surface area contributed by atoms with Gasteiger partial charge in [-0.15, -0.1) is 0 Å². The summed E-state index contributed by atoms with van der Waals surface area (Å²) in [7, 11) is 0. The Balaban J connectivity index is 1.30. The first-order valence-corrected chi connectivity index (χ1v) is 16.5. The molecule has 1 aliphatic rings. The molecule has 1 saturated heterocycles. The van der Waals surface area contributed by atoms with E-state index in [1.165, 1.54) is 30.1 Å². The first kappa shape index (κ1) is 34.2. The monoisotopic (exact) mass is 675 g/mol. The number of rotatable bonds is 10. The van der Waals surface area contributed by atoms with Crippen LogP contribution in [0.25, 0.3) is 17.2 Å². The van der Waals surface area contributed by atoms with Crippen LogP contribution in [0.2, 0.25) is 0 Å². The zero-order chi connectivity index (χ0) is 34.9. The third kappa shape index (κ3) is 8.68. The predicted octanol–water partition coefficient (Wildman–Crippen LogP) is 7.62. The maximum Gasteiger partial charge on any atom is 0.433 e.